The van der Waals surface area contributed by atoms with Gasteiger partial charge < -0.3 is 10.1 Å². The minimum absolute atomic E-state index is 0.0457. The molecule has 8 nitrogen and oxygen atoms in total. The average molecular weight is 482 g/mol. The Morgan fingerprint density at radius 2 is 1.91 bits per heavy atom. The molecule has 5 rings (SSSR count). The zero-order valence-electron chi connectivity index (χ0n) is 17.9. The van der Waals surface area contributed by atoms with Gasteiger partial charge >= 0.3 is 0 Å². The summed E-state index contributed by atoms with van der Waals surface area (Å²) < 4.78 is 7.54. The lowest BCUT2D eigenvalue weighted by Gasteiger charge is -2.11. The van der Waals surface area contributed by atoms with Gasteiger partial charge in [-0.2, -0.15) is 4.98 Å². The van der Waals surface area contributed by atoms with E-state index in [9.17, 15) is 9.59 Å². The zero-order valence-corrected chi connectivity index (χ0v) is 19.5. The first-order valence-corrected chi connectivity index (χ1v) is 11.6. The van der Waals surface area contributed by atoms with E-state index in [1.807, 2.05) is 31.4 Å². The summed E-state index contributed by atoms with van der Waals surface area (Å²) in [5.41, 5.74) is 2.99. The van der Waals surface area contributed by atoms with Gasteiger partial charge in [0, 0.05) is 17.7 Å². The van der Waals surface area contributed by atoms with Crippen molar-refractivity contribution in [2.75, 3.05) is 10.6 Å². The average Bonchev–Trinajstić information content (AvgIpc) is 3.49. The van der Waals surface area contributed by atoms with Crippen LogP contribution in [0.15, 0.2) is 41.9 Å². The molecule has 1 aromatic carbocycles. The number of hydrogen-bond acceptors (Lipinski definition) is 6. The van der Waals surface area contributed by atoms with Crippen LogP contribution in [-0.2, 0) is 4.79 Å². The lowest BCUT2D eigenvalue weighted by atomic mass is 10.2. The molecule has 10 heteroatoms. The lowest BCUT2D eigenvalue weighted by molar-refractivity contribution is -0.117. The number of nitrogens with one attached hydrogen (secondary N) is 2. The van der Waals surface area contributed by atoms with Gasteiger partial charge in [0.2, 0.25) is 11.9 Å². The van der Waals surface area contributed by atoms with Crippen LogP contribution >= 0.6 is 22.9 Å². The second-order valence-corrected chi connectivity index (χ2v) is 9.22. The third kappa shape index (κ3) is 4.55. The third-order valence-electron chi connectivity index (χ3n) is 5.29. The highest BCUT2D eigenvalue weighted by Crippen LogP contribution is 2.31. The highest BCUT2D eigenvalue weighted by Gasteiger charge is 2.30. The molecule has 2 amide bonds. The van der Waals surface area contributed by atoms with Gasteiger partial charge in [-0.3, -0.25) is 14.9 Å². The fourth-order valence-electron chi connectivity index (χ4n) is 3.23. The number of aryl methyl sites for hydroxylation is 2. The molecule has 1 saturated carbocycles. The largest absolute Gasteiger partial charge is 0.456 e. The maximum absolute atomic E-state index is 12.7. The Balaban J connectivity index is 1.33. The zero-order chi connectivity index (χ0) is 23.1. The van der Waals surface area contributed by atoms with Gasteiger partial charge in [0.1, 0.15) is 16.4 Å². The number of rotatable bonds is 6. The summed E-state index contributed by atoms with van der Waals surface area (Å²) in [5.74, 6) is 1.12. The molecule has 168 valence electrons. The van der Waals surface area contributed by atoms with Crippen molar-refractivity contribution in [1.29, 1.82) is 0 Å². The van der Waals surface area contributed by atoms with Gasteiger partial charge in [0.05, 0.1) is 11.2 Å². The van der Waals surface area contributed by atoms with E-state index in [0.29, 0.717) is 32.7 Å². The highest BCUT2D eigenvalue weighted by atomic mass is 35.5. The summed E-state index contributed by atoms with van der Waals surface area (Å²) in [6.45, 7) is 3.77. The molecule has 3 heterocycles. The van der Waals surface area contributed by atoms with Crippen LogP contribution in [0.1, 0.15) is 33.6 Å². The molecule has 0 atom stereocenters. The van der Waals surface area contributed by atoms with Crippen molar-refractivity contribution in [1.82, 2.24) is 14.6 Å². The van der Waals surface area contributed by atoms with E-state index in [2.05, 4.69) is 20.7 Å². The Kier molecular flexibility index (Phi) is 5.51. The number of ether oxygens (including phenoxy) is 1. The Morgan fingerprint density at radius 3 is 2.64 bits per heavy atom. The first kappa shape index (κ1) is 21.4. The molecule has 0 unspecified atom stereocenters. The standard InChI is InChI=1S/C23H20ClN5O3S/c1-12-3-6-15(9-17(12)25-22(31)20-19(24)13(2)11-33-20)32-16-7-8-18-26-23(28-29(18)10-16)27-21(30)14-4-5-14/h3,6-11,14H,4-5H2,1-2H3,(H,25,31)(H,27,28,30). The van der Waals surface area contributed by atoms with Crippen molar-refractivity contribution in [2.45, 2.75) is 26.7 Å². The number of carbonyl (C=O) groups is 2. The molecule has 0 bridgehead atoms. The minimum Gasteiger partial charge on any atom is -0.456 e. The summed E-state index contributed by atoms with van der Waals surface area (Å²) in [4.78, 5) is 29.4. The van der Waals surface area contributed by atoms with Crippen LogP contribution in [0.5, 0.6) is 11.5 Å². The number of hydrogen-bond donors (Lipinski definition) is 2. The van der Waals surface area contributed by atoms with Crippen LogP contribution in [-0.4, -0.2) is 26.4 Å². The smallest absolute Gasteiger partial charge is 0.267 e. The molecule has 1 aliphatic carbocycles. The van der Waals surface area contributed by atoms with E-state index >= 15 is 0 Å². The lowest BCUT2D eigenvalue weighted by Crippen LogP contribution is -2.14. The van der Waals surface area contributed by atoms with E-state index < -0.39 is 0 Å². The van der Waals surface area contributed by atoms with Crippen LogP contribution in [0, 0.1) is 19.8 Å². The van der Waals surface area contributed by atoms with Crippen LogP contribution in [0.2, 0.25) is 5.02 Å². The number of fused-ring (bicyclic) bond motifs is 1. The number of halogens is 1. The second-order valence-electron chi connectivity index (χ2n) is 7.96. The number of carbonyl (C=O) groups excluding carboxylic acids is 2. The van der Waals surface area contributed by atoms with Gasteiger partial charge in [-0.25, -0.2) is 4.52 Å². The number of nitrogens with zero attached hydrogens (tertiary/aromatic N) is 3. The molecule has 33 heavy (non-hydrogen) atoms. The third-order valence-corrected chi connectivity index (χ3v) is 6.98. The number of amides is 2. The normalized spacial score (nSPS) is 13.2. The molecule has 1 fully saturated rings. The quantitative estimate of drug-likeness (QED) is 0.381. The number of pyridine rings is 1. The van der Waals surface area contributed by atoms with E-state index in [0.717, 1.165) is 24.0 Å². The van der Waals surface area contributed by atoms with Crippen molar-refractivity contribution in [3.63, 3.8) is 0 Å². The molecule has 0 radical (unpaired) electrons. The predicted molar refractivity (Wildman–Crippen MR) is 128 cm³/mol. The number of benzene rings is 1. The van der Waals surface area contributed by atoms with Crippen LogP contribution in [0.3, 0.4) is 0 Å². The number of anilines is 2. The Labute approximate surface area is 198 Å². The van der Waals surface area contributed by atoms with E-state index in [4.69, 9.17) is 16.3 Å². The van der Waals surface area contributed by atoms with Gasteiger partial charge in [-0.15, -0.1) is 16.4 Å². The maximum atomic E-state index is 12.7. The van der Waals surface area contributed by atoms with Gasteiger partial charge in [-0.1, -0.05) is 17.7 Å². The Morgan fingerprint density at radius 1 is 1.12 bits per heavy atom. The fourth-order valence-corrected chi connectivity index (χ4v) is 4.41. The molecule has 0 aliphatic heterocycles. The van der Waals surface area contributed by atoms with E-state index in [1.165, 1.54) is 11.3 Å². The van der Waals surface area contributed by atoms with Crippen molar-refractivity contribution in [3.8, 4) is 11.5 Å². The number of aromatic nitrogens is 3. The van der Waals surface area contributed by atoms with Gasteiger partial charge in [0.25, 0.3) is 5.91 Å². The summed E-state index contributed by atoms with van der Waals surface area (Å²) in [5, 5.41) is 12.3. The predicted octanol–water partition coefficient (Wildman–Crippen LogP) is 5.45. The molecule has 1 aliphatic rings. The second kappa shape index (κ2) is 8.49. The summed E-state index contributed by atoms with van der Waals surface area (Å²) in [6.07, 6.45) is 3.51. The topological polar surface area (TPSA) is 97.6 Å². The highest BCUT2D eigenvalue weighted by molar-refractivity contribution is 7.13. The molecule has 0 spiro atoms. The molecular formula is C23H20ClN5O3S. The molecule has 3 aromatic heterocycles. The molecule has 2 N–H and O–H groups in total. The summed E-state index contributed by atoms with van der Waals surface area (Å²) in [7, 11) is 0. The maximum Gasteiger partial charge on any atom is 0.267 e. The summed E-state index contributed by atoms with van der Waals surface area (Å²) >= 11 is 7.54. The van der Waals surface area contributed by atoms with E-state index in [-0.39, 0.29) is 23.7 Å². The fraction of sp³-hybridized carbons (Fsp3) is 0.217. The summed E-state index contributed by atoms with van der Waals surface area (Å²) in [6, 6.07) is 8.97. The Hall–Kier alpha value is -3.43. The number of thiophene rings is 1. The first-order chi connectivity index (χ1) is 15.9. The molecular weight excluding hydrogens is 462 g/mol. The van der Waals surface area contributed by atoms with E-state index in [1.54, 1.807) is 28.9 Å². The van der Waals surface area contributed by atoms with Crippen molar-refractivity contribution in [2.24, 2.45) is 5.92 Å². The van der Waals surface area contributed by atoms with Gasteiger partial charge in [0.15, 0.2) is 5.65 Å². The first-order valence-electron chi connectivity index (χ1n) is 10.4. The molecule has 0 saturated heterocycles. The van der Waals surface area contributed by atoms with Crippen LogP contribution in [0.4, 0.5) is 11.6 Å². The monoisotopic (exact) mass is 481 g/mol. The Bertz CT molecular complexity index is 1390. The van der Waals surface area contributed by atoms with Crippen molar-refractivity contribution < 1.29 is 14.3 Å². The SMILES string of the molecule is Cc1ccc(Oc2ccc3nc(NC(=O)C4CC4)nn3c2)cc1NC(=O)c1scc(C)c1Cl. The molecule has 4 aromatic rings. The van der Waals surface area contributed by atoms with Crippen molar-refractivity contribution >= 4 is 52.0 Å². The van der Waals surface area contributed by atoms with Crippen LogP contribution < -0.4 is 15.4 Å². The minimum atomic E-state index is -0.261. The van der Waals surface area contributed by atoms with Crippen LogP contribution in [0.25, 0.3) is 5.65 Å². The van der Waals surface area contributed by atoms with Crippen molar-refractivity contribution in [3.05, 3.63) is 62.9 Å². The van der Waals surface area contributed by atoms with Gasteiger partial charge in [-0.05, 0) is 61.4 Å².